The number of hydrogen-bond donors (Lipinski definition) is 0. The minimum atomic E-state index is -3.52. The summed E-state index contributed by atoms with van der Waals surface area (Å²) in [5, 5.41) is 0.672. The van der Waals surface area contributed by atoms with Crippen molar-refractivity contribution in [3.05, 3.63) is 64.2 Å². The molecule has 1 aliphatic carbocycles. The SMILES string of the molecule is O=C(CCc1ccccc1Cl)N1CCN(S(=O)(=O)c2ccc3c(c2)CCC3)CC1. The summed E-state index contributed by atoms with van der Waals surface area (Å²) in [6.07, 6.45) is 4.04. The van der Waals surface area contributed by atoms with Gasteiger partial charge in [-0.25, -0.2) is 8.42 Å². The molecule has 29 heavy (non-hydrogen) atoms. The van der Waals surface area contributed by atoms with Crippen LogP contribution in [0.15, 0.2) is 47.4 Å². The van der Waals surface area contributed by atoms with Crippen LogP contribution in [0.2, 0.25) is 5.02 Å². The third-order valence-electron chi connectivity index (χ3n) is 5.87. The largest absolute Gasteiger partial charge is 0.340 e. The molecule has 1 amide bonds. The highest BCUT2D eigenvalue weighted by Gasteiger charge is 2.30. The predicted octanol–water partition coefficient (Wildman–Crippen LogP) is 3.29. The number of fused-ring (bicyclic) bond motifs is 1. The van der Waals surface area contributed by atoms with E-state index in [-0.39, 0.29) is 5.91 Å². The summed E-state index contributed by atoms with van der Waals surface area (Å²) in [5.74, 6) is 0.0412. The Morgan fingerprint density at radius 3 is 2.45 bits per heavy atom. The maximum absolute atomic E-state index is 13.0. The van der Waals surface area contributed by atoms with E-state index in [1.807, 2.05) is 36.4 Å². The lowest BCUT2D eigenvalue weighted by Crippen LogP contribution is -2.50. The molecule has 0 unspecified atom stereocenters. The number of sulfonamides is 1. The summed E-state index contributed by atoms with van der Waals surface area (Å²) in [5.41, 5.74) is 3.37. The quantitative estimate of drug-likeness (QED) is 0.728. The summed E-state index contributed by atoms with van der Waals surface area (Å²) in [4.78, 5) is 14.7. The minimum Gasteiger partial charge on any atom is -0.340 e. The molecule has 2 aliphatic rings. The van der Waals surface area contributed by atoms with Crippen LogP contribution in [0.5, 0.6) is 0 Å². The maximum atomic E-state index is 13.0. The average Bonchev–Trinajstić information content (AvgIpc) is 3.21. The Labute approximate surface area is 177 Å². The third kappa shape index (κ3) is 4.34. The van der Waals surface area contributed by atoms with Gasteiger partial charge in [0.15, 0.2) is 0 Å². The zero-order chi connectivity index (χ0) is 20.4. The van der Waals surface area contributed by atoms with Gasteiger partial charge < -0.3 is 4.90 Å². The number of halogens is 1. The Bertz CT molecular complexity index is 1010. The number of carbonyl (C=O) groups excluding carboxylic acids is 1. The van der Waals surface area contributed by atoms with Crippen LogP contribution in [0, 0.1) is 0 Å². The molecule has 154 valence electrons. The van der Waals surface area contributed by atoms with Gasteiger partial charge in [0.05, 0.1) is 4.90 Å². The first kappa shape index (κ1) is 20.4. The number of amides is 1. The monoisotopic (exact) mass is 432 g/mol. The van der Waals surface area contributed by atoms with Crippen LogP contribution in [-0.2, 0) is 34.1 Å². The van der Waals surface area contributed by atoms with E-state index in [0.29, 0.717) is 48.9 Å². The van der Waals surface area contributed by atoms with Crippen LogP contribution in [0.3, 0.4) is 0 Å². The smallest absolute Gasteiger partial charge is 0.243 e. The van der Waals surface area contributed by atoms with Crippen molar-refractivity contribution in [2.75, 3.05) is 26.2 Å². The fraction of sp³-hybridized carbons (Fsp3) is 0.409. The van der Waals surface area contributed by atoms with Crippen LogP contribution in [0.25, 0.3) is 0 Å². The average molecular weight is 433 g/mol. The maximum Gasteiger partial charge on any atom is 0.243 e. The topological polar surface area (TPSA) is 57.7 Å². The van der Waals surface area contributed by atoms with Crippen molar-refractivity contribution in [2.45, 2.75) is 37.0 Å². The molecule has 2 aromatic carbocycles. The number of nitrogens with zero attached hydrogens (tertiary/aromatic N) is 2. The highest BCUT2D eigenvalue weighted by Crippen LogP contribution is 2.27. The van der Waals surface area contributed by atoms with Gasteiger partial charge in [-0.15, -0.1) is 0 Å². The van der Waals surface area contributed by atoms with Crippen molar-refractivity contribution in [3.63, 3.8) is 0 Å². The summed E-state index contributed by atoms with van der Waals surface area (Å²) in [7, 11) is -3.52. The van der Waals surface area contributed by atoms with Crippen molar-refractivity contribution in [2.24, 2.45) is 0 Å². The molecule has 5 nitrogen and oxygen atoms in total. The Hall–Kier alpha value is -1.89. The van der Waals surface area contributed by atoms with Crippen LogP contribution >= 0.6 is 11.6 Å². The van der Waals surface area contributed by atoms with Crippen molar-refractivity contribution < 1.29 is 13.2 Å². The number of piperazine rings is 1. The molecule has 1 saturated heterocycles. The van der Waals surface area contributed by atoms with E-state index in [9.17, 15) is 13.2 Å². The molecule has 1 heterocycles. The van der Waals surface area contributed by atoms with Gasteiger partial charge in [0.25, 0.3) is 0 Å². The second-order valence-electron chi connectivity index (χ2n) is 7.66. The first-order valence-corrected chi connectivity index (χ1v) is 11.9. The number of benzene rings is 2. The molecule has 0 saturated carbocycles. The van der Waals surface area contributed by atoms with E-state index in [0.717, 1.165) is 30.4 Å². The molecule has 0 bridgehead atoms. The van der Waals surface area contributed by atoms with Crippen LogP contribution in [0.1, 0.15) is 29.5 Å². The van der Waals surface area contributed by atoms with Gasteiger partial charge in [-0.2, -0.15) is 4.31 Å². The fourth-order valence-corrected chi connectivity index (χ4v) is 5.84. The van der Waals surface area contributed by atoms with Gasteiger partial charge in [0.2, 0.25) is 15.9 Å². The van der Waals surface area contributed by atoms with E-state index in [2.05, 4.69) is 0 Å². The highest BCUT2D eigenvalue weighted by atomic mass is 35.5. The van der Waals surface area contributed by atoms with Crippen molar-refractivity contribution >= 4 is 27.5 Å². The van der Waals surface area contributed by atoms with Gasteiger partial charge in [-0.3, -0.25) is 4.79 Å². The molecule has 0 atom stereocenters. The summed E-state index contributed by atoms with van der Waals surface area (Å²) in [6.45, 7) is 1.51. The minimum absolute atomic E-state index is 0.0412. The number of aryl methyl sites for hydroxylation is 3. The molecule has 0 aromatic heterocycles. The van der Waals surface area contributed by atoms with E-state index in [1.54, 1.807) is 11.0 Å². The van der Waals surface area contributed by atoms with Crippen LogP contribution in [0.4, 0.5) is 0 Å². The Kier molecular flexibility index (Phi) is 5.95. The van der Waals surface area contributed by atoms with Gasteiger partial charge >= 0.3 is 0 Å². The second kappa shape index (κ2) is 8.46. The lowest BCUT2D eigenvalue weighted by molar-refractivity contribution is -0.132. The van der Waals surface area contributed by atoms with Crippen LogP contribution < -0.4 is 0 Å². The van der Waals surface area contributed by atoms with E-state index >= 15 is 0 Å². The first-order chi connectivity index (χ1) is 13.9. The van der Waals surface area contributed by atoms with Crippen molar-refractivity contribution in [1.29, 1.82) is 0 Å². The lowest BCUT2D eigenvalue weighted by atomic mass is 10.1. The molecule has 1 aliphatic heterocycles. The van der Waals surface area contributed by atoms with Gasteiger partial charge in [-0.1, -0.05) is 35.9 Å². The molecular formula is C22H25ClN2O3S. The molecule has 0 spiro atoms. The highest BCUT2D eigenvalue weighted by molar-refractivity contribution is 7.89. The Morgan fingerprint density at radius 1 is 0.966 bits per heavy atom. The standard InChI is InChI=1S/C22H25ClN2O3S/c23-21-7-2-1-4-18(21)9-11-22(26)24-12-14-25(15-13-24)29(27,28)20-10-8-17-5-3-6-19(17)16-20/h1-2,4,7-8,10,16H,3,5-6,9,11-15H2. The summed E-state index contributed by atoms with van der Waals surface area (Å²) < 4.78 is 27.5. The number of carbonyl (C=O) groups is 1. The third-order valence-corrected chi connectivity index (χ3v) is 8.13. The summed E-state index contributed by atoms with van der Waals surface area (Å²) >= 11 is 6.16. The molecular weight excluding hydrogens is 408 g/mol. The zero-order valence-corrected chi connectivity index (χ0v) is 17.9. The van der Waals surface area contributed by atoms with Gasteiger partial charge in [-0.05, 0) is 60.6 Å². The first-order valence-electron chi connectivity index (χ1n) is 10.1. The normalized spacial score (nSPS) is 17.3. The lowest BCUT2D eigenvalue weighted by Gasteiger charge is -2.34. The molecule has 4 rings (SSSR count). The van der Waals surface area contributed by atoms with Crippen molar-refractivity contribution in [3.8, 4) is 0 Å². The number of hydrogen-bond acceptors (Lipinski definition) is 3. The van der Waals surface area contributed by atoms with E-state index in [4.69, 9.17) is 11.6 Å². The Morgan fingerprint density at radius 2 is 1.69 bits per heavy atom. The zero-order valence-electron chi connectivity index (χ0n) is 16.3. The van der Waals surface area contributed by atoms with Gasteiger partial charge in [0, 0.05) is 37.6 Å². The molecule has 2 aromatic rings. The number of rotatable bonds is 5. The Balaban J connectivity index is 1.35. The predicted molar refractivity (Wildman–Crippen MR) is 114 cm³/mol. The van der Waals surface area contributed by atoms with Crippen molar-refractivity contribution in [1.82, 2.24) is 9.21 Å². The fourth-order valence-electron chi connectivity index (χ4n) is 4.14. The molecule has 1 fully saturated rings. The van der Waals surface area contributed by atoms with E-state index in [1.165, 1.54) is 9.87 Å². The molecule has 0 N–H and O–H groups in total. The van der Waals surface area contributed by atoms with Crippen LogP contribution in [-0.4, -0.2) is 49.7 Å². The molecule has 7 heteroatoms. The second-order valence-corrected chi connectivity index (χ2v) is 10.0. The summed E-state index contributed by atoms with van der Waals surface area (Å²) in [6, 6.07) is 13.0. The van der Waals surface area contributed by atoms with E-state index < -0.39 is 10.0 Å². The van der Waals surface area contributed by atoms with Gasteiger partial charge in [0.1, 0.15) is 0 Å². The molecule has 0 radical (unpaired) electrons.